The molecule has 0 spiro atoms. The number of unbranched alkanes of at least 4 members (excludes halogenated alkanes) is 4. The van der Waals surface area contributed by atoms with Crippen molar-refractivity contribution >= 4 is 35.0 Å². The van der Waals surface area contributed by atoms with Crippen LogP contribution in [0.5, 0.6) is 11.5 Å². The van der Waals surface area contributed by atoms with Gasteiger partial charge in [0, 0.05) is 23.1 Å². The minimum absolute atomic E-state index is 0.196. The molecular formula is C23H28Cl2N2O4. The first kappa shape index (κ1) is 24.8. The van der Waals surface area contributed by atoms with Gasteiger partial charge in [-0.25, -0.2) is 0 Å². The Morgan fingerprint density at radius 3 is 1.48 bits per heavy atom. The summed E-state index contributed by atoms with van der Waals surface area (Å²) in [6.45, 7) is 1.17. The van der Waals surface area contributed by atoms with Crippen molar-refractivity contribution in [3.05, 3.63) is 57.6 Å². The number of amides is 2. The Bertz CT molecular complexity index is 818. The Kier molecular flexibility index (Phi) is 10.5. The van der Waals surface area contributed by atoms with Crippen molar-refractivity contribution in [2.75, 3.05) is 27.3 Å². The largest absolute Gasteiger partial charge is 0.496 e. The summed E-state index contributed by atoms with van der Waals surface area (Å²) in [7, 11) is 3.04. The first-order valence-corrected chi connectivity index (χ1v) is 11.0. The zero-order valence-corrected chi connectivity index (χ0v) is 19.3. The van der Waals surface area contributed by atoms with Gasteiger partial charge in [0.1, 0.15) is 11.5 Å². The second-order valence-corrected chi connectivity index (χ2v) is 7.84. The number of benzene rings is 2. The topological polar surface area (TPSA) is 76.7 Å². The number of hydrogen-bond acceptors (Lipinski definition) is 4. The Balaban J connectivity index is 1.59. The maximum atomic E-state index is 12.3. The Labute approximate surface area is 193 Å². The number of rotatable bonds is 12. The van der Waals surface area contributed by atoms with Gasteiger partial charge in [0.15, 0.2) is 0 Å². The summed E-state index contributed by atoms with van der Waals surface area (Å²) in [5.74, 6) is 0.607. The normalized spacial score (nSPS) is 10.5. The van der Waals surface area contributed by atoms with Gasteiger partial charge in [-0.1, -0.05) is 42.5 Å². The Morgan fingerprint density at radius 2 is 1.10 bits per heavy atom. The highest BCUT2D eigenvalue weighted by Gasteiger charge is 2.13. The maximum absolute atomic E-state index is 12.3. The van der Waals surface area contributed by atoms with Crippen molar-refractivity contribution in [2.45, 2.75) is 32.1 Å². The molecular weight excluding hydrogens is 439 g/mol. The van der Waals surface area contributed by atoms with Crippen molar-refractivity contribution in [3.8, 4) is 11.5 Å². The molecule has 0 radical (unpaired) electrons. The molecule has 2 amide bonds. The highest BCUT2D eigenvalue weighted by Crippen LogP contribution is 2.23. The lowest BCUT2D eigenvalue weighted by molar-refractivity contribution is 0.0942. The number of carbonyl (C=O) groups excluding carboxylic acids is 2. The van der Waals surface area contributed by atoms with Crippen LogP contribution in [-0.4, -0.2) is 39.1 Å². The smallest absolute Gasteiger partial charge is 0.255 e. The van der Waals surface area contributed by atoms with Gasteiger partial charge in [-0.15, -0.1) is 0 Å². The molecule has 8 heteroatoms. The van der Waals surface area contributed by atoms with E-state index in [2.05, 4.69) is 10.6 Å². The van der Waals surface area contributed by atoms with Crippen LogP contribution >= 0.6 is 23.2 Å². The molecule has 0 aliphatic heterocycles. The molecule has 31 heavy (non-hydrogen) atoms. The molecule has 2 aromatic carbocycles. The van der Waals surface area contributed by atoms with Crippen LogP contribution in [0.4, 0.5) is 0 Å². The Morgan fingerprint density at radius 1 is 0.710 bits per heavy atom. The van der Waals surface area contributed by atoms with E-state index in [9.17, 15) is 9.59 Å². The molecule has 0 aliphatic rings. The SMILES string of the molecule is COc1ccc(Cl)cc1C(=O)NCCCCCCCNC(=O)c1cc(Cl)ccc1OC. The van der Waals surface area contributed by atoms with Crippen molar-refractivity contribution < 1.29 is 19.1 Å². The quantitative estimate of drug-likeness (QED) is 0.425. The number of halogens is 2. The van der Waals surface area contributed by atoms with Gasteiger partial charge in [-0.2, -0.15) is 0 Å². The molecule has 0 saturated carbocycles. The number of nitrogens with one attached hydrogen (secondary N) is 2. The second-order valence-electron chi connectivity index (χ2n) is 6.97. The molecule has 2 aromatic rings. The number of carbonyl (C=O) groups is 2. The van der Waals surface area contributed by atoms with Gasteiger partial charge in [-0.05, 0) is 49.2 Å². The summed E-state index contributed by atoms with van der Waals surface area (Å²) >= 11 is 11.9. The summed E-state index contributed by atoms with van der Waals surface area (Å²) in [6.07, 6.45) is 4.75. The molecule has 6 nitrogen and oxygen atoms in total. The average molecular weight is 467 g/mol. The van der Waals surface area contributed by atoms with Crippen LogP contribution in [0.15, 0.2) is 36.4 Å². The first-order valence-electron chi connectivity index (χ1n) is 10.2. The van der Waals surface area contributed by atoms with Crippen LogP contribution in [0.25, 0.3) is 0 Å². The lowest BCUT2D eigenvalue weighted by Gasteiger charge is -2.10. The van der Waals surface area contributed by atoms with E-state index in [1.165, 1.54) is 14.2 Å². The Hall–Kier alpha value is -2.44. The lowest BCUT2D eigenvalue weighted by atomic mass is 10.1. The standard InChI is InChI=1S/C23H28Cl2N2O4/c1-30-20-10-8-16(24)14-18(20)22(28)26-12-6-4-3-5-7-13-27-23(29)19-15-17(25)9-11-21(19)31-2/h8-11,14-15H,3-7,12-13H2,1-2H3,(H,26,28)(H,27,29). The van der Waals surface area contributed by atoms with Crippen LogP contribution in [0.3, 0.4) is 0 Å². The van der Waals surface area contributed by atoms with E-state index in [4.69, 9.17) is 32.7 Å². The molecule has 2 N–H and O–H groups in total. The highest BCUT2D eigenvalue weighted by atomic mass is 35.5. The van der Waals surface area contributed by atoms with Gasteiger partial charge in [0.25, 0.3) is 11.8 Å². The molecule has 0 heterocycles. The molecule has 168 valence electrons. The van der Waals surface area contributed by atoms with Crippen LogP contribution in [0.2, 0.25) is 10.0 Å². The van der Waals surface area contributed by atoms with E-state index in [1.807, 2.05) is 0 Å². The van der Waals surface area contributed by atoms with Crippen LogP contribution in [0.1, 0.15) is 52.8 Å². The van der Waals surface area contributed by atoms with Gasteiger partial charge < -0.3 is 20.1 Å². The maximum Gasteiger partial charge on any atom is 0.255 e. The van der Waals surface area contributed by atoms with E-state index in [-0.39, 0.29) is 11.8 Å². The first-order chi connectivity index (χ1) is 15.0. The third-order valence-corrected chi connectivity index (χ3v) is 5.21. The predicted octanol–water partition coefficient (Wildman–Crippen LogP) is 5.12. The minimum atomic E-state index is -0.196. The fourth-order valence-corrected chi connectivity index (χ4v) is 3.43. The fraction of sp³-hybridized carbons (Fsp3) is 0.391. The van der Waals surface area contributed by atoms with Crippen molar-refractivity contribution in [3.63, 3.8) is 0 Å². The number of ether oxygens (including phenoxy) is 2. The molecule has 0 aliphatic carbocycles. The van der Waals surface area contributed by atoms with Gasteiger partial charge in [-0.3, -0.25) is 9.59 Å². The zero-order chi connectivity index (χ0) is 22.6. The second kappa shape index (κ2) is 13.1. The predicted molar refractivity (Wildman–Crippen MR) is 124 cm³/mol. The van der Waals surface area contributed by atoms with Gasteiger partial charge in [0.2, 0.25) is 0 Å². The monoisotopic (exact) mass is 466 g/mol. The zero-order valence-electron chi connectivity index (χ0n) is 17.8. The van der Waals surface area contributed by atoms with Crippen LogP contribution < -0.4 is 20.1 Å². The number of methoxy groups -OCH3 is 2. The van der Waals surface area contributed by atoms with E-state index in [0.29, 0.717) is 45.8 Å². The number of hydrogen-bond donors (Lipinski definition) is 2. The fourth-order valence-electron chi connectivity index (χ4n) is 3.09. The molecule has 0 aromatic heterocycles. The molecule has 0 bridgehead atoms. The molecule has 0 atom stereocenters. The van der Waals surface area contributed by atoms with E-state index < -0.39 is 0 Å². The summed E-state index contributed by atoms with van der Waals surface area (Å²) in [6, 6.07) is 9.93. The highest BCUT2D eigenvalue weighted by molar-refractivity contribution is 6.31. The van der Waals surface area contributed by atoms with E-state index in [0.717, 1.165) is 32.1 Å². The molecule has 0 fully saturated rings. The lowest BCUT2D eigenvalue weighted by Crippen LogP contribution is -2.25. The van der Waals surface area contributed by atoms with Crippen LogP contribution in [-0.2, 0) is 0 Å². The van der Waals surface area contributed by atoms with Crippen molar-refractivity contribution in [2.24, 2.45) is 0 Å². The third kappa shape index (κ3) is 7.96. The van der Waals surface area contributed by atoms with Crippen molar-refractivity contribution in [1.82, 2.24) is 10.6 Å². The summed E-state index contributed by atoms with van der Waals surface area (Å²) < 4.78 is 10.4. The molecule has 0 unspecified atom stereocenters. The third-order valence-electron chi connectivity index (χ3n) is 4.74. The minimum Gasteiger partial charge on any atom is -0.496 e. The molecule has 2 rings (SSSR count). The van der Waals surface area contributed by atoms with E-state index in [1.54, 1.807) is 36.4 Å². The summed E-state index contributed by atoms with van der Waals surface area (Å²) in [5, 5.41) is 6.77. The van der Waals surface area contributed by atoms with Gasteiger partial charge in [0.05, 0.1) is 25.3 Å². The average Bonchev–Trinajstić information content (AvgIpc) is 2.77. The van der Waals surface area contributed by atoms with Crippen LogP contribution in [0, 0.1) is 0 Å². The van der Waals surface area contributed by atoms with Crippen molar-refractivity contribution in [1.29, 1.82) is 0 Å². The van der Waals surface area contributed by atoms with Gasteiger partial charge >= 0.3 is 0 Å². The summed E-state index contributed by atoms with van der Waals surface area (Å²) in [5.41, 5.74) is 0.865. The summed E-state index contributed by atoms with van der Waals surface area (Å²) in [4.78, 5) is 24.6. The van der Waals surface area contributed by atoms with E-state index >= 15 is 0 Å². The molecule has 0 saturated heterocycles.